The number of carbonyl (C=O) groups is 2. The normalized spacial score (nSPS) is 15.6. The van der Waals surface area contributed by atoms with E-state index in [2.05, 4.69) is 25.9 Å². The zero-order valence-corrected chi connectivity index (χ0v) is 16.5. The monoisotopic (exact) mass is 405 g/mol. The van der Waals surface area contributed by atoms with Gasteiger partial charge in [0.05, 0.1) is 12.1 Å². The number of nitrogens with one attached hydrogen (secondary N) is 3. The first-order valence-electron chi connectivity index (χ1n) is 9.10. The molecule has 0 unspecified atom stereocenters. The number of anilines is 2. The lowest BCUT2D eigenvalue weighted by Crippen LogP contribution is -2.33. The highest BCUT2D eigenvalue weighted by molar-refractivity contribution is 7.14. The minimum Gasteiger partial charge on any atom is -0.326 e. The van der Waals surface area contributed by atoms with Crippen LogP contribution in [0.15, 0.2) is 65.0 Å². The molecule has 2 amide bonds. The number of guanidine groups is 1. The number of nitrogens with zero attached hydrogens (tertiary/aromatic N) is 2. The van der Waals surface area contributed by atoms with Gasteiger partial charge in [-0.3, -0.25) is 14.9 Å². The molecule has 0 saturated carbocycles. The quantitative estimate of drug-likeness (QED) is 0.606. The van der Waals surface area contributed by atoms with Crippen LogP contribution in [0.1, 0.15) is 12.0 Å². The molecule has 146 valence electrons. The maximum absolute atomic E-state index is 12.2. The highest BCUT2D eigenvalue weighted by Crippen LogP contribution is 2.24. The number of rotatable bonds is 5. The average molecular weight is 405 g/mol. The zero-order valence-electron chi connectivity index (χ0n) is 15.7. The molecule has 0 saturated heterocycles. The van der Waals surface area contributed by atoms with E-state index in [0.29, 0.717) is 16.8 Å². The molecule has 3 N–H and O–H groups in total. The lowest BCUT2D eigenvalue weighted by molar-refractivity contribution is -0.123. The third-order valence-corrected chi connectivity index (χ3v) is 5.10. The van der Waals surface area contributed by atoms with Gasteiger partial charge in [0.25, 0.3) is 5.91 Å². The fraction of sp³-hybridized carbons (Fsp3) is 0.143. The molecule has 29 heavy (non-hydrogen) atoms. The molecular formula is C21H19N5O2S. The van der Waals surface area contributed by atoms with Crippen LogP contribution >= 0.6 is 11.3 Å². The van der Waals surface area contributed by atoms with Gasteiger partial charge in [0.2, 0.25) is 11.9 Å². The number of aliphatic imine (C=N–C) groups is 1. The van der Waals surface area contributed by atoms with Crippen LogP contribution in [-0.4, -0.2) is 28.8 Å². The lowest BCUT2D eigenvalue weighted by atomic mass is 10.2. The van der Waals surface area contributed by atoms with Crippen molar-refractivity contribution in [3.8, 4) is 11.3 Å². The second kappa shape index (κ2) is 8.24. The highest BCUT2D eigenvalue weighted by atomic mass is 32.1. The first-order chi connectivity index (χ1) is 14.1. The smallest absolute Gasteiger partial charge is 0.252 e. The van der Waals surface area contributed by atoms with E-state index in [9.17, 15) is 9.59 Å². The van der Waals surface area contributed by atoms with Crippen molar-refractivity contribution >= 4 is 39.9 Å². The summed E-state index contributed by atoms with van der Waals surface area (Å²) in [6, 6.07) is 16.5. The molecule has 0 spiro atoms. The van der Waals surface area contributed by atoms with Gasteiger partial charge in [0.1, 0.15) is 6.04 Å². The van der Waals surface area contributed by atoms with E-state index in [1.54, 1.807) is 0 Å². The van der Waals surface area contributed by atoms with Crippen LogP contribution in [0.25, 0.3) is 11.3 Å². The van der Waals surface area contributed by atoms with Crippen molar-refractivity contribution < 1.29 is 9.59 Å². The average Bonchev–Trinajstić information content (AvgIpc) is 3.31. The van der Waals surface area contributed by atoms with Crippen molar-refractivity contribution in [2.24, 2.45) is 4.99 Å². The molecule has 4 rings (SSSR count). The topological polar surface area (TPSA) is 95.5 Å². The predicted octanol–water partition coefficient (Wildman–Crippen LogP) is 3.41. The van der Waals surface area contributed by atoms with Crippen molar-refractivity contribution in [3.63, 3.8) is 0 Å². The molecule has 0 fully saturated rings. The minimum atomic E-state index is -0.767. The van der Waals surface area contributed by atoms with Crippen molar-refractivity contribution in [1.82, 2.24) is 10.3 Å². The van der Waals surface area contributed by atoms with Gasteiger partial charge in [-0.05, 0) is 19.1 Å². The third-order valence-electron chi connectivity index (χ3n) is 4.34. The summed E-state index contributed by atoms with van der Waals surface area (Å²) in [7, 11) is 0. The first-order valence-corrected chi connectivity index (χ1v) is 9.98. The van der Waals surface area contributed by atoms with Crippen molar-refractivity contribution in [1.29, 1.82) is 0 Å². The molecular weight excluding hydrogens is 386 g/mol. The Hall–Kier alpha value is -3.52. The van der Waals surface area contributed by atoms with Crippen LogP contribution in [0.3, 0.4) is 0 Å². The number of thiazole rings is 1. The summed E-state index contributed by atoms with van der Waals surface area (Å²) in [6.07, 6.45) is -0.0297. The standard InChI is InChI=1S/C21H19N5O2S/c1-13-7-9-15(10-8-13)22-18(27)11-16-19(28)25-20(23-16)26-21-24-17(12-29-21)14-5-3-2-4-6-14/h2-10,12,16H,11H2,1H3,(H,22,27)(H2,23,24,25,26,28)/t16-/m1/s1. The predicted molar refractivity (Wildman–Crippen MR) is 115 cm³/mol. The molecule has 0 bridgehead atoms. The van der Waals surface area contributed by atoms with Crippen LogP contribution in [0.4, 0.5) is 10.8 Å². The van der Waals surface area contributed by atoms with E-state index in [4.69, 9.17) is 0 Å². The van der Waals surface area contributed by atoms with E-state index in [1.165, 1.54) is 11.3 Å². The summed E-state index contributed by atoms with van der Waals surface area (Å²) in [5.41, 5.74) is 3.66. The Morgan fingerprint density at radius 2 is 1.90 bits per heavy atom. The van der Waals surface area contributed by atoms with Crippen LogP contribution in [0, 0.1) is 6.92 Å². The van der Waals surface area contributed by atoms with Gasteiger partial charge < -0.3 is 10.6 Å². The van der Waals surface area contributed by atoms with E-state index >= 15 is 0 Å². The molecule has 8 heteroatoms. The number of aromatic nitrogens is 1. The highest BCUT2D eigenvalue weighted by Gasteiger charge is 2.29. The van der Waals surface area contributed by atoms with Gasteiger partial charge in [0, 0.05) is 16.6 Å². The second-order valence-electron chi connectivity index (χ2n) is 6.63. The number of hydrogen-bond donors (Lipinski definition) is 3. The van der Waals surface area contributed by atoms with Gasteiger partial charge in [-0.2, -0.15) is 0 Å². The second-order valence-corrected chi connectivity index (χ2v) is 7.49. The molecule has 2 aromatic carbocycles. The third kappa shape index (κ3) is 4.67. The summed E-state index contributed by atoms with van der Waals surface area (Å²) in [4.78, 5) is 33.2. The molecule has 0 aliphatic carbocycles. The molecule has 1 aliphatic heterocycles. The van der Waals surface area contributed by atoms with Crippen LogP contribution < -0.4 is 16.0 Å². The van der Waals surface area contributed by atoms with E-state index in [1.807, 2.05) is 66.9 Å². The van der Waals surface area contributed by atoms with Crippen LogP contribution in [0.5, 0.6) is 0 Å². The summed E-state index contributed by atoms with van der Waals surface area (Å²) in [6.45, 7) is 1.98. The number of aryl methyl sites for hydroxylation is 1. The van der Waals surface area contributed by atoms with Gasteiger partial charge in [0.15, 0.2) is 5.13 Å². The Kier molecular flexibility index (Phi) is 5.35. The van der Waals surface area contributed by atoms with E-state index in [0.717, 1.165) is 16.8 Å². The van der Waals surface area contributed by atoms with E-state index in [-0.39, 0.29) is 18.2 Å². The van der Waals surface area contributed by atoms with E-state index < -0.39 is 6.04 Å². The number of carbonyl (C=O) groups excluding carboxylic acids is 2. The first kappa shape index (κ1) is 18.8. The number of amides is 2. The fourth-order valence-corrected chi connectivity index (χ4v) is 3.57. The van der Waals surface area contributed by atoms with Gasteiger partial charge in [-0.1, -0.05) is 48.0 Å². The van der Waals surface area contributed by atoms with Crippen LogP contribution in [0.2, 0.25) is 0 Å². The number of benzene rings is 2. The van der Waals surface area contributed by atoms with Gasteiger partial charge >= 0.3 is 0 Å². The maximum atomic E-state index is 12.2. The van der Waals surface area contributed by atoms with Crippen molar-refractivity contribution in [2.75, 3.05) is 10.6 Å². The summed E-state index contributed by atoms with van der Waals surface area (Å²) < 4.78 is 0. The van der Waals surface area contributed by atoms with Gasteiger partial charge in [-0.15, -0.1) is 11.3 Å². The van der Waals surface area contributed by atoms with Gasteiger partial charge in [-0.25, -0.2) is 9.98 Å². The molecule has 7 nitrogen and oxygen atoms in total. The summed E-state index contributed by atoms with van der Waals surface area (Å²) in [5.74, 6) is -0.275. The fourth-order valence-electron chi connectivity index (χ4n) is 2.85. The molecule has 1 aromatic heterocycles. The minimum absolute atomic E-state index is 0.0297. The molecule has 0 radical (unpaired) electrons. The Labute approximate surface area is 171 Å². The molecule has 3 aromatic rings. The Morgan fingerprint density at radius 1 is 1.14 bits per heavy atom. The molecule has 2 heterocycles. The largest absolute Gasteiger partial charge is 0.326 e. The molecule has 1 aliphatic rings. The lowest BCUT2D eigenvalue weighted by Gasteiger charge is -2.07. The summed E-state index contributed by atoms with van der Waals surface area (Å²) in [5, 5.41) is 11.0. The van der Waals surface area contributed by atoms with Crippen LogP contribution in [-0.2, 0) is 9.59 Å². The van der Waals surface area contributed by atoms with Crippen molar-refractivity contribution in [3.05, 3.63) is 65.5 Å². The Morgan fingerprint density at radius 3 is 2.66 bits per heavy atom. The maximum Gasteiger partial charge on any atom is 0.252 e. The zero-order chi connectivity index (χ0) is 20.2. The Bertz CT molecular complexity index is 1060. The van der Waals surface area contributed by atoms with Crippen molar-refractivity contribution in [2.45, 2.75) is 19.4 Å². The Balaban J connectivity index is 1.37. The summed E-state index contributed by atoms with van der Waals surface area (Å²) >= 11 is 1.42. The molecule has 1 atom stereocenters. The SMILES string of the molecule is Cc1ccc(NC(=O)C[C@H]2N=C(Nc3nc(-c4ccccc4)cs3)NC2=O)cc1. The number of hydrogen-bond acceptors (Lipinski definition) is 6.